The number of thioether (sulfide) groups is 1. The topological polar surface area (TPSA) is 167 Å². The maximum atomic E-state index is 12.1. The van der Waals surface area contributed by atoms with E-state index in [2.05, 4.69) is 0 Å². The number of carbonyl (C=O) groups excluding carboxylic acids is 3. The van der Waals surface area contributed by atoms with Gasteiger partial charge in [0, 0.05) is 11.4 Å². The van der Waals surface area contributed by atoms with Crippen LogP contribution in [0.3, 0.4) is 0 Å². The number of hydrogen-bond donors (Lipinski definition) is 4. The molecule has 1 saturated heterocycles. The van der Waals surface area contributed by atoms with Crippen molar-refractivity contribution in [2.24, 2.45) is 17.4 Å². The molecule has 2 aliphatic heterocycles. The fraction of sp³-hybridized carbons (Fsp3) is 0.538. The second-order valence-corrected chi connectivity index (χ2v) is 6.85. The number of β-lactam (4-membered cyclic amide) rings is 1. The molecule has 2 rings (SSSR count). The summed E-state index contributed by atoms with van der Waals surface area (Å²) < 4.78 is 0. The van der Waals surface area contributed by atoms with E-state index in [4.69, 9.17) is 11.5 Å². The number of carbonyl (C=O) groups is 4. The zero-order chi connectivity index (χ0) is 18.2. The minimum Gasteiger partial charge on any atom is -0.477 e. The van der Waals surface area contributed by atoms with Crippen LogP contribution < -0.4 is 11.5 Å². The summed E-state index contributed by atoms with van der Waals surface area (Å²) in [7, 11) is 0. The number of fused-ring (bicyclic) bond motifs is 1. The number of hydrogen-bond acceptors (Lipinski definition) is 7. The fourth-order valence-corrected chi connectivity index (χ4v) is 4.43. The standard InChI is InChI=1S/C13H18N4O6S/c1-5(18)9-11(21)17-10(13(22)23)6(24-12(9)17)2-16(3-7(14)19)4-8(15)20/h5,9,12,18H,2-4H2,1H3,(H2,14,19)(H2,15,20)(H,22,23)/t5-,9+,12-/m1/s1. The molecule has 24 heavy (non-hydrogen) atoms. The summed E-state index contributed by atoms with van der Waals surface area (Å²) in [5.41, 5.74) is 10.0. The first-order valence-electron chi connectivity index (χ1n) is 7.06. The highest BCUT2D eigenvalue weighted by molar-refractivity contribution is 8.04. The van der Waals surface area contributed by atoms with Gasteiger partial charge in [0.1, 0.15) is 11.1 Å². The van der Waals surface area contributed by atoms with Gasteiger partial charge in [-0.2, -0.15) is 0 Å². The van der Waals surface area contributed by atoms with Gasteiger partial charge in [0.05, 0.1) is 25.1 Å². The number of carboxylic acids is 1. The molecule has 10 nitrogen and oxygen atoms in total. The number of amides is 3. The van der Waals surface area contributed by atoms with Crippen LogP contribution in [-0.4, -0.2) is 74.8 Å². The Morgan fingerprint density at radius 3 is 2.25 bits per heavy atom. The van der Waals surface area contributed by atoms with E-state index in [9.17, 15) is 29.4 Å². The van der Waals surface area contributed by atoms with Gasteiger partial charge in [0.2, 0.25) is 17.7 Å². The quantitative estimate of drug-likeness (QED) is 0.344. The minimum absolute atomic E-state index is 0.0645. The fourth-order valence-electron chi connectivity index (χ4n) is 2.78. The van der Waals surface area contributed by atoms with E-state index in [-0.39, 0.29) is 25.3 Å². The van der Waals surface area contributed by atoms with Crippen LogP contribution in [0.4, 0.5) is 0 Å². The van der Waals surface area contributed by atoms with Gasteiger partial charge in [-0.25, -0.2) is 4.79 Å². The summed E-state index contributed by atoms with van der Waals surface area (Å²) in [6.45, 7) is 0.840. The van der Waals surface area contributed by atoms with Crippen molar-refractivity contribution in [3.63, 3.8) is 0 Å². The first kappa shape index (κ1) is 18.2. The lowest BCUT2D eigenvalue weighted by Gasteiger charge is -2.43. The lowest BCUT2D eigenvalue weighted by molar-refractivity contribution is -0.156. The van der Waals surface area contributed by atoms with Crippen molar-refractivity contribution in [1.82, 2.24) is 9.80 Å². The zero-order valence-corrected chi connectivity index (χ0v) is 13.7. The minimum atomic E-state index is -1.30. The van der Waals surface area contributed by atoms with Gasteiger partial charge in [-0.3, -0.25) is 24.2 Å². The van der Waals surface area contributed by atoms with Gasteiger partial charge in [0.15, 0.2) is 0 Å². The number of aliphatic hydroxyl groups excluding tert-OH is 1. The van der Waals surface area contributed by atoms with E-state index in [0.29, 0.717) is 4.91 Å². The molecule has 6 N–H and O–H groups in total. The largest absolute Gasteiger partial charge is 0.477 e. The second-order valence-electron chi connectivity index (χ2n) is 5.64. The molecule has 0 aromatic heterocycles. The van der Waals surface area contributed by atoms with Crippen LogP contribution >= 0.6 is 11.8 Å². The van der Waals surface area contributed by atoms with Gasteiger partial charge in [-0.1, -0.05) is 0 Å². The first-order valence-corrected chi connectivity index (χ1v) is 7.94. The first-order chi connectivity index (χ1) is 11.1. The van der Waals surface area contributed by atoms with Crippen molar-refractivity contribution < 1.29 is 29.4 Å². The highest BCUT2D eigenvalue weighted by Gasteiger charge is 2.57. The van der Waals surface area contributed by atoms with E-state index in [1.807, 2.05) is 0 Å². The van der Waals surface area contributed by atoms with Crippen molar-refractivity contribution in [2.45, 2.75) is 18.4 Å². The zero-order valence-electron chi connectivity index (χ0n) is 12.8. The highest BCUT2D eigenvalue weighted by atomic mass is 32.2. The molecule has 0 aromatic rings. The summed E-state index contributed by atoms with van der Waals surface area (Å²) in [6.07, 6.45) is -0.909. The van der Waals surface area contributed by atoms with Crippen molar-refractivity contribution in [1.29, 1.82) is 0 Å². The molecule has 2 heterocycles. The molecule has 11 heteroatoms. The summed E-state index contributed by atoms with van der Waals surface area (Å²) >= 11 is 1.12. The lowest BCUT2D eigenvalue weighted by atomic mass is 9.92. The van der Waals surface area contributed by atoms with Gasteiger partial charge >= 0.3 is 5.97 Å². The van der Waals surface area contributed by atoms with Crippen LogP contribution in [0.15, 0.2) is 10.6 Å². The maximum Gasteiger partial charge on any atom is 0.353 e. The van der Waals surface area contributed by atoms with Crippen LogP contribution in [0.1, 0.15) is 6.92 Å². The molecule has 0 spiro atoms. The van der Waals surface area contributed by atoms with Crippen molar-refractivity contribution >= 4 is 35.5 Å². The third-order valence-corrected chi connectivity index (χ3v) is 5.05. The van der Waals surface area contributed by atoms with E-state index >= 15 is 0 Å². The second kappa shape index (κ2) is 6.79. The summed E-state index contributed by atoms with van der Waals surface area (Å²) in [5.74, 6) is -3.85. The number of primary amides is 2. The van der Waals surface area contributed by atoms with Gasteiger partial charge < -0.3 is 21.7 Å². The molecule has 1 fully saturated rings. The van der Waals surface area contributed by atoms with Gasteiger partial charge in [0.25, 0.3) is 0 Å². The van der Waals surface area contributed by atoms with Crippen molar-refractivity contribution in [2.75, 3.05) is 19.6 Å². The third-order valence-electron chi connectivity index (χ3n) is 3.70. The number of aliphatic hydroxyl groups is 1. The molecular weight excluding hydrogens is 340 g/mol. The highest BCUT2D eigenvalue weighted by Crippen LogP contribution is 2.50. The Morgan fingerprint density at radius 2 is 1.83 bits per heavy atom. The molecular formula is C13H18N4O6S. The number of aliphatic carboxylic acids is 1. The molecule has 0 radical (unpaired) electrons. The molecule has 0 aromatic carbocycles. The Labute approximate surface area is 141 Å². The van der Waals surface area contributed by atoms with E-state index in [1.54, 1.807) is 0 Å². The Hall–Kier alpha value is -2.11. The number of carboxylic acid groups (broad SMARTS) is 1. The van der Waals surface area contributed by atoms with E-state index in [0.717, 1.165) is 16.7 Å². The van der Waals surface area contributed by atoms with Crippen LogP contribution in [0.25, 0.3) is 0 Å². The Balaban J connectivity index is 2.24. The average molecular weight is 358 g/mol. The molecule has 0 saturated carbocycles. The molecule has 3 amide bonds. The molecule has 132 valence electrons. The lowest BCUT2D eigenvalue weighted by Crippen LogP contribution is -2.60. The molecule has 0 unspecified atom stereocenters. The Kier molecular flexibility index (Phi) is 5.16. The van der Waals surface area contributed by atoms with Gasteiger partial charge in [-0.05, 0) is 6.92 Å². The van der Waals surface area contributed by atoms with Crippen molar-refractivity contribution in [3.8, 4) is 0 Å². The number of rotatable bonds is 8. The normalized spacial score (nSPS) is 24.0. The monoisotopic (exact) mass is 358 g/mol. The predicted molar refractivity (Wildman–Crippen MR) is 82.9 cm³/mol. The predicted octanol–water partition coefficient (Wildman–Crippen LogP) is -2.53. The van der Waals surface area contributed by atoms with Gasteiger partial charge in [-0.15, -0.1) is 11.8 Å². The third kappa shape index (κ3) is 3.37. The smallest absolute Gasteiger partial charge is 0.353 e. The summed E-state index contributed by atoms with van der Waals surface area (Å²) in [4.78, 5) is 48.6. The SMILES string of the molecule is C[C@@H](O)[C@H]1C(=O)N2C(C(=O)O)=C(CN(CC(N)=O)CC(N)=O)S[C@H]12. The van der Waals surface area contributed by atoms with E-state index in [1.165, 1.54) is 11.8 Å². The summed E-state index contributed by atoms with van der Waals surface area (Å²) in [6, 6.07) is 0. The Morgan fingerprint density at radius 1 is 1.29 bits per heavy atom. The maximum absolute atomic E-state index is 12.1. The van der Waals surface area contributed by atoms with Crippen LogP contribution in [0.5, 0.6) is 0 Å². The number of nitrogens with zero attached hydrogens (tertiary/aromatic N) is 2. The molecule has 0 bridgehead atoms. The summed E-state index contributed by atoms with van der Waals surface area (Å²) in [5, 5.41) is 18.5. The molecule has 0 aliphatic carbocycles. The Bertz CT molecular complexity index is 618. The molecule has 2 aliphatic rings. The number of nitrogens with two attached hydrogens (primary N) is 2. The average Bonchev–Trinajstić information content (AvgIpc) is 2.71. The molecule has 3 atom stereocenters. The van der Waals surface area contributed by atoms with Crippen LogP contribution in [-0.2, 0) is 19.2 Å². The van der Waals surface area contributed by atoms with Crippen LogP contribution in [0.2, 0.25) is 0 Å². The van der Waals surface area contributed by atoms with Crippen LogP contribution in [0, 0.1) is 5.92 Å². The van der Waals surface area contributed by atoms with E-state index < -0.39 is 41.1 Å². The van der Waals surface area contributed by atoms with Crippen molar-refractivity contribution in [3.05, 3.63) is 10.6 Å².